The molecule has 5 rings (SSSR count). The highest BCUT2D eigenvalue weighted by molar-refractivity contribution is 5.92. The second-order valence-corrected chi connectivity index (χ2v) is 7.71. The van der Waals surface area contributed by atoms with Crippen molar-refractivity contribution in [2.75, 3.05) is 5.32 Å². The molecule has 0 saturated carbocycles. The number of aromatic amines is 1. The molecule has 5 aromatic rings. The average Bonchev–Trinajstić information content (AvgIpc) is 3.18. The zero-order valence-corrected chi connectivity index (χ0v) is 17.5. The molecule has 0 fully saturated rings. The standard InChI is InChI=1S/C26H21FN4O/c1-17-7-9-18(10-8-17)24-23-15-19(16-28-21-13-11-20(27)12-14-21)26(32)29-25(23)31(30-24)22-5-3-2-4-6-22/h2-15,28H,16H2,1H3,(H,29,32). The summed E-state index contributed by atoms with van der Waals surface area (Å²) in [4.78, 5) is 15.9. The number of nitrogens with one attached hydrogen (secondary N) is 2. The van der Waals surface area contributed by atoms with E-state index in [1.807, 2.05) is 67.6 Å². The van der Waals surface area contributed by atoms with Crippen molar-refractivity contribution in [1.82, 2.24) is 14.8 Å². The van der Waals surface area contributed by atoms with E-state index in [1.165, 1.54) is 12.1 Å². The number of anilines is 1. The number of rotatable bonds is 5. The fourth-order valence-electron chi connectivity index (χ4n) is 3.69. The van der Waals surface area contributed by atoms with Crippen molar-refractivity contribution in [3.05, 3.63) is 112 Å². The van der Waals surface area contributed by atoms with E-state index in [2.05, 4.69) is 10.3 Å². The summed E-state index contributed by atoms with van der Waals surface area (Å²) in [7, 11) is 0. The first kappa shape index (κ1) is 19.8. The molecule has 0 radical (unpaired) electrons. The number of hydrogen-bond donors (Lipinski definition) is 2. The monoisotopic (exact) mass is 424 g/mol. The van der Waals surface area contributed by atoms with Crippen molar-refractivity contribution in [1.29, 1.82) is 0 Å². The number of fused-ring (bicyclic) bond motifs is 1. The number of halogens is 1. The van der Waals surface area contributed by atoms with Gasteiger partial charge in [-0.1, -0.05) is 48.0 Å². The molecular formula is C26H21FN4O. The summed E-state index contributed by atoms with van der Waals surface area (Å²) in [5.41, 5.74) is 5.55. The van der Waals surface area contributed by atoms with Gasteiger partial charge in [0.25, 0.3) is 5.56 Å². The van der Waals surface area contributed by atoms with Gasteiger partial charge in [0.05, 0.1) is 5.69 Å². The number of hydrogen-bond acceptors (Lipinski definition) is 3. The van der Waals surface area contributed by atoms with Gasteiger partial charge < -0.3 is 10.3 Å². The molecule has 6 heteroatoms. The van der Waals surface area contributed by atoms with E-state index < -0.39 is 0 Å². The maximum atomic E-state index is 13.2. The lowest BCUT2D eigenvalue weighted by Crippen LogP contribution is -2.16. The van der Waals surface area contributed by atoms with Gasteiger partial charge in [0, 0.05) is 28.7 Å². The fraction of sp³-hybridized carbons (Fsp3) is 0.0769. The fourth-order valence-corrected chi connectivity index (χ4v) is 3.69. The first-order valence-corrected chi connectivity index (χ1v) is 10.4. The van der Waals surface area contributed by atoms with Gasteiger partial charge in [-0.05, 0) is 49.4 Å². The van der Waals surface area contributed by atoms with Crippen LogP contribution in [0.4, 0.5) is 10.1 Å². The molecule has 158 valence electrons. The average molecular weight is 424 g/mol. The van der Waals surface area contributed by atoms with E-state index in [0.717, 1.165) is 33.6 Å². The molecule has 0 aliphatic heterocycles. The maximum absolute atomic E-state index is 13.2. The summed E-state index contributed by atoms with van der Waals surface area (Å²) in [6.07, 6.45) is 0. The van der Waals surface area contributed by atoms with Crippen molar-refractivity contribution < 1.29 is 4.39 Å². The van der Waals surface area contributed by atoms with Crippen molar-refractivity contribution in [3.63, 3.8) is 0 Å². The van der Waals surface area contributed by atoms with Crippen LogP contribution in [0.1, 0.15) is 11.1 Å². The molecule has 0 atom stereocenters. The highest BCUT2D eigenvalue weighted by atomic mass is 19.1. The SMILES string of the molecule is Cc1ccc(-c2nn(-c3ccccc3)c3[nH]c(=O)c(CNc4ccc(F)cc4)cc23)cc1. The molecule has 5 nitrogen and oxygen atoms in total. The number of benzene rings is 3. The van der Waals surface area contributed by atoms with E-state index in [1.54, 1.807) is 16.8 Å². The van der Waals surface area contributed by atoms with Gasteiger partial charge in [-0.25, -0.2) is 9.07 Å². The number of para-hydroxylation sites is 1. The Morgan fingerprint density at radius 1 is 0.969 bits per heavy atom. The van der Waals surface area contributed by atoms with Crippen LogP contribution in [0.2, 0.25) is 0 Å². The van der Waals surface area contributed by atoms with E-state index in [4.69, 9.17) is 5.10 Å². The largest absolute Gasteiger partial charge is 0.381 e. The summed E-state index contributed by atoms with van der Waals surface area (Å²) in [5, 5.41) is 8.89. The zero-order chi connectivity index (χ0) is 22.1. The number of aryl methyl sites for hydroxylation is 1. The normalized spacial score (nSPS) is 11.1. The lowest BCUT2D eigenvalue weighted by Gasteiger charge is -2.07. The molecule has 0 aliphatic rings. The van der Waals surface area contributed by atoms with Crippen LogP contribution < -0.4 is 10.9 Å². The highest BCUT2D eigenvalue weighted by Gasteiger charge is 2.16. The third-order valence-electron chi connectivity index (χ3n) is 5.42. The number of pyridine rings is 1. The number of aromatic nitrogens is 3. The molecule has 32 heavy (non-hydrogen) atoms. The quantitative estimate of drug-likeness (QED) is 0.395. The van der Waals surface area contributed by atoms with Crippen molar-refractivity contribution in [2.24, 2.45) is 0 Å². The first-order chi connectivity index (χ1) is 15.6. The van der Waals surface area contributed by atoms with Crippen molar-refractivity contribution >= 4 is 16.7 Å². The van der Waals surface area contributed by atoms with Gasteiger partial charge in [0.1, 0.15) is 17.2 Å². The molecule has 0 amide bonds. The second kappa shape index (κ2) is 8.15. The first-order valence-electron chi connectivity index (χ1n) is 10.4. The smallest absolute Gasteiger partial charge is 0.254 e. The maximum Gasteiger partial charge on any atom is 0.254 e. The Morgan fingerprint density at radius 3 is 2.41 bits per heavy atom. The molecule has 0 spiro atoms. The molecule has 0 unspecified atom stereocenters. The Balaban J connectivity index is 1.62. The summed E-state index contributed by atoms with van der Waals surface area (Å²) in [5.74, 6) is -0.300. The van der Waals surface area contributed by atoms with Gasteiger partial charge in [-0.3, -0.25) is 4.79 Å². The second-order valence-electron chi connectivity index (χ2n) is 7.71. The predicted molar refractivity (Wildman–Crippen MR) is 126 cm³/mol. The van der Waals surface area contributed by atoms with Crippen LogP contribution >= 0.6 is 0 Å². The Morgan fingerprint density at radius 2 is 1.69 bits per heavy atom. The minimum Gasteiger partial charge on any atom is -0.381 e. The molecule has 3 aromatic carbocycles. The topological polar surface area (TPSA) is 62.7 Å². The lowest BCUT2D eigenvalue weighted by molar-refractivity contribution is 0.628. The van der Waals surface area contributed by atoms with Gasteiger partial charge in [-0.15, -0.1) is 0 Å². The van der Waals surface area contributed by atoms with Gasteiger partial charge in [0.15, 0.2) is 0 Å². The molecule has 0 aliphatic carbocycles. The van der Waals surface area contributed by atoms with E-state index in [9.17, 15) is 9.18 Å². The summed E-state index contributed by atoms with van der Waals surface area (Å²) >= 11 is 0. The van der Waals surface area contributed by atoms with E-state index >= 15 is 0 Å². The lowest BCUT2D eigenvalue weighted by atomic mass is 10.1. The minimum atomic E-state index is -0.300. The number of H-pyrrole nitrogens is 1. The molecular weight excluding hydrogens is 403 g/mol. The Kier molecular flexibility index (Phi) is 5.03. The van der Waals surface area contributed by atoms with Gasteiger partial charge in [-0.2, -0.15) is 5.10 Å². The van der Waals surface area contributed by atoms with Crippen LogP contribution in [0.5, 0.6) is 0 Å². The zero-order valence-electron chi connectivity index (χ0n) is 17.5. The van der Waals surface area contributed by atoms with Crippen LogP contribution in [0.25, 0.3) is 28.0 Å². The molecule has 0 bridgehead atoms. The predicted octanol–water partition coefficient (Wildman–Crippen LogP) is 5.44. The van der Waals surface area contributed by atoms with E-state index in [0.29, 0.717) is 17.8 Å². The molecule has 2 aromatic heterocycles. The van der Waals surface area contributed by atoms with Crippen LogP contribution in [-0.4, -0.2) is 14.8 Å². The van der Waals surface area contributed by atoms with Crippen molar-refractivity contribution in [2.45, 2.75) is 13.5 Å². The Labute approximate surface area is 184 Å². The Bertz CT molecular complexity index is 1440. The highest BCUT2D eigenvalue weighted by Crippen LogP contribution is 2.29. The molecule has 0 saturated heterocycles. The van der Waals surface area contributed by atoms with Crippen LogP contribution in [-0.2, 0) is 6.54 Å². The third-order valence-corrected chi connectivity index (χ3v) is 5.42. The van der Waals surface area contributed by atoms with Crippen LogP contribution in [0.3, 0.4) is 0 Å². The van der Waals surface area contributed by atoms with Crippen LogP contribution in [0.15, 0.2) is 89.7 Å². The van der Waals surface area contributed by atoms with Crippen molar-refractivity contribution in [3.8, 4) is 16.9 Å². The number of nitrogens with zero attached hydrogens (tertiary/aromatic N) is 2. The minimum absolute atomic E-state index is 0.195. The van der Waals surface area contributed by atoms with Gasteiger partial charge in [0.2, 0.25) is 0 Å². The van der Waals surface area contributed by atoms with E-state index in [-0.39, 0.29) is 11.4 Å². The third kappa shape index (κ3) is 3.78. The summed E-state index contributed by atoms with van der Waals surface area (Å²) in [6.45, 7) is 2.35. The van der Waals surface area contributed by atoms with Crippen LogP contribution in [0, 0.1) is 12.7 Å². The molecule has 2 heterocycles. The Hall–Kier alpha value is -4.19. The summed E-state index contributed by atoms with van der Waals surface area (Å²) in [6, 6.07) is 25.8. The summed E-state index contributed by atoms with van der Waals surface area (Å²) < 4.78 is 14.9. The van der Waals surface area contributed by atoms with Gasteiger partial charge >= 0.3 is 0 Å². The molecule has 2 N–H and O–H groups in total.